The van der Waals surface area contributed by atoms with Gasteiger partial charge in [-0.15, -0.1) is 5.10 Å². The van der Waals surface area contributed by atoms with Crippen LogP contribution in [0.1, 0.15) is 16.7 Å². The van der Waals surface area contributed by atoms with Crippen LogP contribution in [0.3, 0.4) is 0 Å². The summed E-state index contributed by atoms with van der Waals surface area (Å²) >= 11 is 0. The first-order chi connectivity index (χ1) is 15.5. The van der Waals surface area contributed by atoms with Gasteiger partial charge in [0, 0.05) is 0 Å². The van der Waals surface area contributed by atoms with E-state index in [4.69, 9.17) is 9.47 Å². The zero-order valence-corrected chi connectivity index (χ0v) is 17.5. The number of aryl methyl sites for hydroxylation is 1. The van der Waals surface area contributed by atoms with Gasteiger partial charge in [-0.3, -0.25) is 14.6 Å². The van der Waals surface area contributed by atoms with Crippen LogP contribution in [0.15, 0.2) is 57.2 Å². The molecule has 3 aromatic rings. The number of aromatic nitrogens is 3. The number of hydrogen-bond donors (Lipinski definition) is 4. The Morgan fingerprint density at radius 3 is 2.75 bits per heavy atom. The van der Waals surface area contributed by atoms with E-state index in [0.29, 0.717) is 23.7 Å². The zero-order valence-electron chi connectivity index (χ0n) is 17.5. The highest BCUT2D eigenvalue weighted by Gasteiger charge is 2.07. The summed E-state index contributed by atoms with van der Waals surface area (Å²) < 4.78 is 11.3. The first-order valence-corrected chi connectivity index (χ1v) is 9.56. The molecule has 0 aliphatic rings. The molecule has 0 radical (unpaired) electrons. The van der Waals surface area contributed by atoms with Gasteiger partial charge in [-0.1, -0.05) is 24.3 Å². The van der Waals surface area contributed by atoms with Crippen LogP contribution >= 0.6 is 0 Å². The standard InChI is InChI=1S/C21H22N6O5/c1-13-5-3-4-6-15(13)12-32-16-8-7-14(9-17(16)31-2)10-23-25-18(28)11-22-19-20(29)24-21(30)27-26-19/h3-10H,11-12H2,1-2H3,(H,22,26)(H,25,28)(H2,24,27,29,30)/b23-10+. The van der Waals surface area contributed by atoms with E-state index in [1.54, 1.807) is 18.2 Å². The lowest BCUT2D eigenvalue weighted by molar-refractivity contribution is -0.119. The fraction of sp³-hybridized carbons (Fsp3) is 0.190. The number of hydrogen-bond acceptors (Lipinski definition) is 8. The molecule has 0 bridgehead atoms. The summed E-state index contributed by atoms with van der Waals surface area (Å²) in [7, 11) is 1.54. The van der Waals surface area contributed by atoms with Crippen molar-refractivity contribution in [3.63, 3.8) is 0 Å². The lowest BCUT2D eigenvalue weighted by atomic mass is 10.1. The molecule has 0 aliphatic carbocycles. The third-order valence-electron chi connectivity index (χ3n) is 4.36. The van der Waals surface area contributed by atoms with E-state index < -0.39 is 17.2 Å². The SMILES string of the molecule is COc1cc(/C=N/NC(=O)CNc2n[nH]c(=O)[nH]c2=O)ccc1OCc1ccccc1C. The number of amides is 1. The molecule has 0 fully saturated rings. The van der Waals surface area contributed by atoms with Crippen LogP contribution in [0.25, 0.3) is 0 Å². The van der Waals surface area contributed by atoms with Crippen LogP contribution < -0.4 is 31.5 Å². The summed E-state index contributed by atoms with van der Waals surface area (Å²) in [5, 5.41) is 11.9. The van der Waals surface area contributed by atoms with Crippen molar-refractivity contribution in [2.24, 2.45) is 5.10 Å². The minimum atomic E-state index is -0.739. The Bertz CT molecular complexity index is 1230. The van der Waals surface area contributed by atoms with Gasteiger partial charge in [0.2, 0.25) is 5.82 Å². The second-order valence-corrected chi connectivity index (χ2v) is 6.63. The highest BCUT2D eigenvalue weighted by atomic mass is 16.5. The van der Waals surface area contributed by atoms with Crippen LogP contribution in [-0.2, 0) is 11.4 Å². The van der Waals surface area contributed by atoms with E-state index in [1.165, 1.54) is 13.3 Å². The van der Waals surface area contributed by atoms with Crippen LogP contribution in [-0.4, -0.2) is 41.0 Å². The Morgan fingerprint density at radius 2 is 2.00 bits per heavy atom. The molecular weight excluding hydrogens is 416 g/mol. The van der Waals surface area contributed by atoms with Gasteiger partial charge in [0.25, 0.3) is 11.5 Å². The van der Waals surface area contributed by atoms with E-state index in [1.807, 2.05) is 36.2 Å². The molecule has 11 heteroatoms. The van der Waals surface area contributed by atoms with Gasteiger partial charge in [0.05, 0.1) is 19.9 Å². The number of methoxy groups -OCH3 is 1. The lowest BCUT2D eigenvalue weighted by Gasteiger charge is -2.12. The maximum atomic E-state index is 11.9. The van der Waals surface area contributed by atoms with Crippen molar-refractivity contribution < 1.29 is 14.3 Å². The van der Waals surface area contributed by atoms with Gasteiger partial charge >= 0.3 is 5.69 Å². The summed E-state index contributed by atoms with van der Waals surface area (Å²) in [6.07, 6.45) is 1.44. The molecule has 0 unspecified atom stereocenters. The van der Waals surface area contributed by atoms with E-state index >= 15 is 0 Å². The number of rotatable bonds is 9. The van der Waals surface area contributed by atoms with Crippen LogP contribution in [0.2, 0.25) is 0 Å². The summed E-state index contributed by atoms with van der Waals surface area (Å²) in [5.41, 5.74) is 3.74. The van der Waals surface area contributed by atoms with Crippen LogP contribution in [0.4, 0.5) is 5.82 Å². The number of H-pyrrole nitrogens is 2. The Labute approximate surface area is 182 Å². The number of ether oxygens (including phenoxy) is 2. The molecule has 1 amide bonds. The highest BCUT2D eigenvalue weighted by molar-refractivity contribution is 5.84. The molecule has 32 heavy (non-hydrogen) atoms. The number of aromatic amines is 2. The molecule has 0 spiro atoms. The molecule has 11 nitrogen and oxygen atoms in total. The van der Waals surface area contributed by atoms with E-state index in [-0.39, 0.29) is 12.4 Å². The number of hydrazone groups is 1. The minimum Gasteiger partial charge on any atom is -0.493 e. The molecule has 4 N–H and O–H groups in total. The highest BCUT2D eigenvalue weighted by Crippen LogP contribution is 2.28. The molecule has 2 aromatic carbocycles. The average Bonchev–Trinajstić information content (AvgIpc) is 2.78. The Morgan fingerprint density at radius 1 is 1.19 bits per heavy atom. The average molecular weight is 438 g/mol. The van der Waals surface area contributed by atoms with E-state index in [2.05, 4.69) is 26.0 Å². The predicted octanol–water partition coefficient (Wildman–Crippen LogP) is 0.916. The molecule has 0 saturated carbocycles. The molecular formula is C21H22N6O5. The van der Waals surface area contributed by atoms with Gasteiger partial charge in [0.15, 0.2) is 11.5 Å². The number of anilines is 1. The second-order valence-electron chi connectivity index (χ2n) is 6.63. The van der Waals surface area contributed by atoms with Crippen molar-refractivity contribution >= 4 is 17.9 Å². The first kappa shape index (κ1) is 22.3. The summed E-state index contributed by atoms with van der Waals surface area (Å²) in [6.45, 7) is 2.16. The molecule has 0 saturated heterocycles. The second kappa shape index (κ2) is 10.6. The van der Waals surface area contributed by atoms with Crippen molar-refractivity contribution in [1.29, 1.82) is 0 Å². The lowest BCUT2D eigenvalue weighted by Crippen LogP contribution is -2.31. The maximum absolute atomic E-state index is 11.9. The van der Waals surface area contributed by atoms with E-state index in [0.717, 1.165) is 11.1 Å². The van der Waals surface area contributed by atoms with Crippen molar-refractivity contribution in [2.45, 2.75) is 13.5 Å². The number of carbonyl (C=O) groups is 1. The Balaban J connectivity index is 1.54. The van der Waals surface area contributed by atoms with Crippen LogP contribution in [0, 0.1) is 6.92 Å². The maximum Gasteiger partial charge on any atom is 0.342 e. The van der Waals surface area contributed by atoms with Gasteiger partial charge in [-0.25, -0.2) is 15.3 Å². The fourth-order valence-electron chi connectivity index (χ4n) is 2.66. The van der Waals surface area contributed by atoms with Gasteiger partial charge in [0.1, 0.15) is 6.61 Å². The van der Waals surface area contributed by atoms with Gasteiger partial charge < -0.3 is 14.8 Å². The quantitative estimate of drug-likeness (QED) is 0.286. The third kappa shape index (κ3) is 6.05. The molecule has 1 aromatic heterocycles. The molecule has 0 aliphatic heterocycles. The van der Waals surface area contributed by atoms with Crippen molar-refractivity contribution in [2.75, 3.05) is 19.0 Å². The molecule has 3 rings (SSSR count). The summed E-state index contributed by atoms with van der Waals surface area (Å²) in [4.78, 5) is 36.3. The van der Waals surface area contributed by atoms with Gasteiger partial charge in [-0.2, -0.15) is 5.10 Å². The monoisotopic (exact) mass is 438 g/mol. The third-order valence-corrected chi connectivity index (χ3v) is 4.36. The summed E-state index contributed by atoms with van der Waals surface area (Å²) in [6, 6.07) is 13.2. The Hall–Kier alpha value is -4.41. The number of nitrogens with zero attached hydrogens (tertiary/aromatic N) is 2. The van der Waals surface area contributed by atoms with Gasteiger partial charge in [-0.05, 0) is 41.8 Å². The largest absolute Gasteiger partial charge is 0.493 e. The van der Waals surface area contributed by atoms with Crippen LogP contribution in [0.5, 0.6) is 11.5 Å². The molecule has 1 heterocycles. The van der Waals surface area contributed by atoms with Crippen molar-refractivity contribution in [3.05, 3.63) is 80.0 Å². The summed E-state index contributed by atoms with van der Waals surface area (Å²) in [5.74, 6) is 0.409. The Kier molecular flexibility index (Phi) is 7.36. The number of carbonyl (C=O) groups excluding carboxylic acids is 1. The zero-order chi connectivity index (χ0) is 22.9. The number of nitrogens with one attached hydrogen (secondary N) is 4. The molecule has 0 atom stereocenters. The minimum absolute atomic E-state index is 0.185. The topological polar surface area (TPSA) is 151 Å². The number of benzene rings is 2. The molecule has 166 valence electrons. The normalized spacial score (nSPS) is 10.7. The first-order valence-electron chi connectivity index (χ1n) is 9.56. The predicted molar refractivity (Wildman–Crippen MR) is 118 cm³/mol. The van der Waals surface area contributed by atoms with E-state index in [9.17, 15) is 14.4 Å². The smallest absolute Gasteiger partial charge is 0.342 e. The fourth-order valence-corrected chi connectivity index (χ4v) is 2.66. The van der Waals surface area contributed by atoms with Crippen molar-refractivity contribution in [3.8, 4) is 11.5 Å². The van der Waals surface area contributed by atoms with Crippen molar-refractivity contribution in [1.82, 2.24) is 20.6 Å².